The Labute approximate surface area is 134 Å². The van der Waals surface area contributed by atoms with Crippen LogP contribution in [0.1, 0.15) is 18.6 Å². The maximum atomic E-state index is 3.35. The lowest BCUT2D eigenvalue weighted by molar-refractivity contribution is 1.46. The predicted molar refractivity (Wildman–Crippen MR) is 96.7 cm³/mol. The van der Waals surface area contributed by atoms with Crippen LogP contribution < -0.4 is 0 Å². The normalized spacial score (nSPS) is 7.83. The maximum Gasteiger partial charge on any atom is 0.0175 e. The molecule has 2 heteroatoms. The van der Waals surface area contributed by atoms with E-state index >= 15 is 0 Å². The molecule has 0 amide bonds. The molecule has 0 radical (unpaired) electrons. The van der Waals surface area contributed by atoms with Crippen LogP contribution in [-0.2, 0) is 0 Å². The van der Waals surface area contributed by atoms with E-state index in [1.807, 2.05) is 35.3 Å². The summed E-state index contributed by atoms with van der Waals surface area (Å²) in [6.45, 7) is 4.16. The van der Waals surface area contributed by atoms with E-state index in [1.165, 1.54) is 11.1 Å². The van der Waals surface area contributed by atoms with Crippen LogP contribution in [0.5, 0.6) is 0 Å². The Morgan fingerprint density at radius 2 is 1.11 bits per heavy atom. The number of rotatable bonds is 0. The van der Waals surface area contributed by atoms with Crippen LogP contribution in [0.4, 0.5) is 0 Å². The number of alkyl halides is 1. The fraction of sp³-hybridized carbons (Fsp3) is 0.250. The Hall–Kier alpha value is -0.350. The Bertz CT molecular complexity index is 361. The highest BCUT2D eigenvalue weighted by Crippen LogP contribution is 2.08. The van der Waals surface area contributed by atoms with Gasteiger partial charge in [0.05, 0.1) is 0 Å². The molecule has 0 atom stereocenters. The average molecular weight is 421 g/mol. The van der Waals surface area contributed by atoms with Crippen LogP contribution in [0.3, 0.4) is 0 Å². The minimum Gasteiger partial charge on any atom is -0.0901 e. The zero-order chi connectivity index (χ0) is 13.1. The van der Waals surface area contributed by atoms with Gasteiger partial charge in [-0.25, -0.2) is 0 Å². The zero-order valence-electron chi connectivity index (χ0n) is 10.5. The third kappa shape index (κ3) is 10.8. The van der Waals surface area contributed by atoms with Crippen molar-refractivity contribution >= 4 is 38.5 Å². The molecule has 0 aliphatic carbocycles. The van der Waals surface area contributed by atoms with Gasteiger partial charge >= 0.3 is 0 Å². The lowest BCUT2D eigenvalue weighted by Gasteiger charge is -1.88. The first-order valence-corrected chi connectivity index (χ1v) is 8.25. The van der Waals surface area contributed by atoms with Crippen molar-refractivity contribution in [3.8, 4) is 0 Å². The quantitative estimate of drug-likeness (QED) is 0.339. The number of aryl methyl sites for hydroxylation is 2. The van der Waals surface area contributed by atoms with Gasteiger partial charge in [0.15, 0.2) is 0 Å². The summed E-state index contributed by atoms with van der Waals surface area (Å²) in [5.74, 6) is 0. The molecule has 100 valence electrons. The second-order valence-corrected chi connectivity index (χ2v) is 4.37. The van der Waals surface area contributed by atoms with Crippen molar-refractivity contribution in [2.75, 3.05) is 4.93 Å². The summed E-state index contributed by atoms with van der Waals surface area (Å²) in [7, 11) is 0. The van der Waals surface area contributed by atoms with E-state index in [1.54, 1.807) is 0 Å². The van der Waals surface area contributed by atoms with Crippen molar-refractivity contribution in [2.45, 2.75) is 21.3 Å². The van der Waals surface area contributed by atoms with Gasteiger partial charge in [0.25, 0.3) is 0 Å². The smallest absolute Gasteiger partial charge is 0.0175 e. The number of benzene rings is 2. The first kappa shape index (κ1) is 20.0. The summed E-state index contributed by atoms with van der Waals surface area (Å²) in [5, 5.41) is 0. The Kier molecular flexibility index (Phi) is 14.5. The van der Waals surface area contributed by atoms with Gasteiger partial charge in [-0.2, -0.15) is 0 Å². The van der Waals surface area contributed by atoms with Crippen molar-refractivity contribution in [1.82, 2.24) is 0 Å². The molecule has 0 aromatic heterocycles. The number of hydrogen-bond acceptors (Lipinski definition) is 0. The van der Waals surface area contributed by atoms with Gasteiger partial charge in [-0.1, -0.05) is 99.5 Å². The molecule has 2 aromatic rings. The first-order valence-electron chi connectivity index (χ1n) is 5.30. The molecular formula is C16H22BrI. The lowest BCUT2D eigenvalue weighted by Crippen LogP contribution is -1.66. The first-order chi connectivity index (χ1) is 8.18. The van der Waals surface area contributed by atoms with E-state index in [4.69, 9.17) is 0 Å². The fourth-order valence-electron chi connectivity index (χ4n) is 1.07. The topological polar surface area (TPSA) is 0 Å². The van der Waals surface area contributed by atoms with E-state index in [9.17, 15) is 0 Å². The van der Waals surface area contributed by atoms with Gasteiger partial charge in [-0.05, 0) is 30.9 Å². The Morgan fingerprint density at radius 3 is 1.39 bits per heavy atom. The minimum atomic E-state index is 0. The van der Waals surface area contributed by atoms with E-state index < -0.39 is 0 Å². The molecule has 18 heavy (non-hydrogen) atoms. The maximum absolute atomic E-state index is 3.35. The second-order valence-electron chi connectivity index (χ2n) is 3.45. The molecule has 2 aromatic carbocycles. The molecule has 0 saturated carbocycles. The summed E-state index contributed by atoms with van der Waals surface area (Å²) in [6.07, 6.45) is 0. The average Bonchev–Trinajstić information content (AvgIpc) is 2.37. The number of hydrogen-bond donors (Lipinski definition) is 0. The lowest BCUT2D eigenvalue weighted by atomic mass is 10.2. The number of halogens is 2. The predicted octanol–water partition coefficient (Wildman–Crippen LogP) is 6.44. The standard InChI is InChI=1S/C7H7Br.C7H8.CH3I.CH4/c1-6-2-4-7(8)5-3-6;1-7-5-3-2-4-6-7;1-2;/h2-5H,1H3;2-6H,1H3;1H3;1H4. The largest absolute Gasteiger partial charge is 0.0901 e. The fourth-order valence-corrected chi connectivity index (χ4v) is 1.33. The summed E-state index contributed by atoms with van der Waals surface area (Å²) < 4.78 is 1.14. The van der Waals surface area contributed by atoms with Crippen LogP contribution in [0.25, 0.3) is 0 Å². The zero-order valence-corrected chi connectivity index (χ0v) is 14.2. The summed E-state index contributed by atoms with van der Waals surface area (Å²) in [6, 6.07) is 18.5. The second kappa shape index (κ2) is 13.1. The molecule has 0 aliphatic rings. The van der Waals surface area contributed by atoms with Gasteiger partial charge in [0.1, 0.15) is 0 Å². The van der Waals surface area contributed by atoms with E-state index in [-0.39, 0.29) is 7.43 Å². The van der Waals surface area contributed by atoms with Gasteiger partial charge in [-0.3, -0.25) is 0 Å². The third-order valence-corrected chi connectivity index (χ3v) is 2.48. The van der Waals surface area contributed by atoms with Crippen molar-refractivity contribution in [2.24, 2.45) is 0 Å². The molecule has 2 rings (SSSR count). The van der Waals surface area contributed by atoms with Crippen LogP contribution in [0, 0.1) is 13.8 Å². The third-order valence-electron chi connectivity index (χ3n) is 1.95. The summed E-state index contributed by atoms with van der Waals surface area (Å²) in [5.41, 5.74) is 2.62. The molecule has 0 spiro atoms. The Balaban J connectivity index is 0. The monoisotopic (exact) mass is 420 g/mol. The molecule has 0 unspecified atom stereocenters. The van der Waals surface area contributed by atoms with Crippen LogP contribution in [-0.4, -0.2) is 4.93 Å². The van der Waals surface area contributed by atoms with Crippen LogP contribution in [0.2, 0.25) is 0 Å². The SMILES string of the molecule is C.CI.Cc1ccc(Br)cc1.Cc1ccccc1. The van der Waals surface area contributed by atoms with Crippen molar-refractivity contribution < 1.29 is 0 Å². The van der Waals surface area contributed by atoms with Crippen molar-refractivity contribution in [3.63, 3.8) is 0 Å². The van der Waals surface area contributed by atoms with Gasteiger partial charge in [-0.15, -0.1) is 0 Å². The molecule has 0 nitrogen and oxygen atoms in total. The van der Waals surface area contributed by atoms with E-state index in [2.05, 4.69) is 76.6 Å². The van der Waals surface area contributed by atoms with Gasteiger partial charge < -0.3 is 0 Å². The van der Waals surface area contributed by atoms with E-state index in [0.717, 1.165) is 4.47 Å². The minimum absolute atomic E-state index is 0. The van der Waals surface area contributed by atoms with Gasteiger partial charge in [0, 0.05) is 4.47 Å². The molecule has 0 bridgehead atoms. The highest BCUT2D eigenvalue weighted by molar-refractivity contribution is 14.1. The van der Waals surface area contributed by atoms with E-state index in [0.29, 0.717) is 0 Å². The highest BCUT2D eigenvalue weighted by atomic mass is 127. The molecule has 0 fully saturated rings. The van der Waals surface area contributed by atoms with Crippen LogP contribution in [0.15, 0.2) is 59.1 Å². The molecule has 0 saturated heterocycles. The summed E-state index contributed by atoms with van der Waals surface area (Å²) in [4.78, 5) is 1.97. The van der Waals surface area contributed by atoms with Gasteiger partial charge in [0.2, 0.25) is 0 Å². The van der Waals surface area contributed by atoms with Crippen molar-refractivity contribution in [3.05, 3.63) is 70.2 Å². The molecular weight excluding hydrogens is 399 g/mol. The Morgan fingerprint density at radius 1 is 0.722 bits per heavy atom. The molecule has 0 aliphatic heterocycles. The highest BCUT2D eigenvalue weighted by Gasteiger charge is 1.81. The molecule has 0 N–H and O–H groups in total. The van der Waals surface area contributed by atoms with Crippen molar-refractivity contribution in [1.29, 1.82) is 0 Å². The molecule has 0 heterocycles. The summed E-state index contributed by atoms with van der Waals surface area (Å²) >= 11 is 5.50. The van der Waals surface area contributed by atoms with Crippen LogP contribution >= 0.6 is 38.5 Å².